The molecule has 2 aliphatic heterocycles. The number of ether oxygens (including phenoxy) is 1. The maximum Gasteiger partial charge on any atom is 0.317 e. The molecule has 0 aromatic carbocycles. The normalized spacial score (nSPS) is 27.6. The van der Waals surface area contributed by atoms with Crippen molar-refractivity contribution in [2.45, 2.75) is 76.4 Å². The average molecular weight is 308 g/mol. The van der Waals surface area contributed by atoms with Crippen molar-refractivity contribution in [2.75, 3.05) is 19.7 Å². The largest absolute Gasteiger partial charge is 0.375 e. The van der Waals surface area contributed by atoms with E-state index in [0.29, 0.717) is 0 Å². The van der Waals surface area contributed by atoms with E-state index in [1.54, 1.807) is 0 Å². The van der Waals surface area contributed by atoms with E-state index in [1.807, 2.05) is 11.0 Å². The molecule has 4 heteroatoms. The van der Waals surface area contributed by atoms with E-state index in [2.05, 4.69) is 25.7 Å². The van der Waals surface area contributed by atoms with Crippen LogP contribution in [0.4, 0.5) is 4.79 Å². The molecule has 1 unspecified atom stereocenters. The van der Waals surface area contributed by atoms with Gasteiger partial charge in [0.15, 0.2) is 0 Å². The maximum absolute atomic E-state index is 12.5. The van der Waals surface area contributed by atoms with E-state index >= 15 is 0 Å². The van der Waals surface area contributed by atoms with Gasteiger partial charge < -0.3 is 15.0 Å². The first kappa shape index (κ1) is 17.3. The van der Waals surface area contributed by atoms with Gasteiger partial charge in [-0.2, -0.15) is 0 Å². The Balaban J connectivity index is 1.84. The topological polar surface area (TPSA) is 41.6 Å². The fourth-order valence-electron chi connectivity index (χ4n) is 3.92. The first-order valence-electron chi connectivity index (χ1n) is 8.79. The van der Waals surface area contributed by atoms with Gasteiger partial charge in [-0.05, 0) is 65.2 Å². The van der Waals surface area contributed by atoms with Crippen LogP contribution in [-0.2, 0) is 4.74 Å². The highest BCUT2D eigenvalue weighted by atomic mass is 16.5. The maximum atomic E-state index is 12.5. The summed E-state index contributed by atoms with van der Waals surface area (Å²) in [6.07, 6.45) is 10.5. The van der Waals surface area contributed by atoms with Crippen molar-refractivity contribution in [3.63, 3.8) is 0 Å². The molecular formula is C18H32N2O2. The zero-order valence-corrected chi connectivity index (χ0v) is 14.3. The summed E-state index contributed by atoms with van der Waals surface area (Å²) in [5.74, 6) is 0. The van der Waals surface area contributed by atoms with Gasteiger partial charge in [0.25, 0.3) is 0 Å². The monoisotopic (exact) mass is 308 g/mol. The fourth-order valence-corrected chi connectivity index (χ4v) is 3.92. The molecule has 4 nitrogen and oxygen atoms in total. The van der Waals surface area contributed by atoms with Crippen LogP contribution in [0.1, 0.15) is 65.2 Å². The predicted molar refractivity (Wildman–Crippen MR) is 90.0 cm³/mol. The molecule has 1 spiro atoms. The summed E-state index contributed by atoms with van der Waals surface area (Å²) in [7, 11) is 0. The third-order valence-corrected chi connectivity index (χ3v) is 5.07. The summed E-state index contributed by atoms with van der Waals surface area (Å²) >= 11 is 0. The van der Waals surface area contributed by atoms with E-state index in [1.165, 1.54) is 12.8 Å². The Morgan fingerprint density at radius 3 is 2.77 bits per heavy atom. The van der Waals surface area contributed by atoms with Crippen LogP contribution in [0, 0.1) is 0 Å². The summed E-state index contributed by atoms with van der Waals surface area (Å²) in [4.78, 5) is 14.5. The minimum atomic E-state index is -0.138. The molecule has 2 heterocycles. The van der Waals surface area contributed by atoms with E-state index < -0.39 is 0 Å². The van der Waals surface area contributed by atoms with E-state index in [9.17, 15) is 4.79 Å². The second-order valence-electron chi connectivity index (χ2n) is 7.40. The van der Waals surface area contributed by atoms with Crippen LogP contribution in [0.5, 0.6) is 0 Å². The summed E-state index contributed by atoms with van der Waals surface area (Å²) in [5, 5.41) is 3.07. The van der Waals surface area contributed by atoms with Gasteiger partial charge in [-0.3, -0.25) is 0 Å². The highest BCUT2D eigenvalue weighted by Crippen LogP contribution is 2.41. The van der Waals surface area contributed by atoms with Crippen LogP contribution >= 0.6 is 0 Å². The second kappa shape index (κ2) is 7.49. The number of carbonyl (C=O) groups is 1. The zero-order valence-electron chi connectivity index (χ0n) is 14.3. The van der Waals surface area contributed by atoms with Gasteiger partial charge >= 0.3 is 6.03 Å². The Labute approximate surface area is 135 Å². The Hall–Kier alpha value is -1.03. The minimum Gasteiger partial charge on any atom is -0.375 e. The molecule has 1 N–H and O–H groups in total. The number of nitrogens with zero attached hydrogens (tertiary/aromatic N) is 1. The highest BCUT2D eigenvalue weighted by Gasteiger charge is 2.47. The fraction of sp³-hybridized carbons (Fsp3) is 0.833. The van der Waals surface area contributed by atoms with Crippen molar-refractivity contribution in [2.24, 2.45) is 0 Å². The summed E-state index contributed by atoms with van der Waals surface area (Å²) in [6, 6.07) is 0.0780. The molecule has 0 radical (unpaired) electrons. The van der Waals surface area contributed by atoms with Crippen molar-refractivity contribution in [3.8, 4) is 0 Å². The lowest BCUT2D eigenvalue weighted by Gasteiger charge is -2.52. The van der Waals surface area contributed by atoms with E-state index in [-0.39, 0.29) is 17.2 Å². The van der Waals surface area contributed by atoms with Gasteiger partial charge in [0.2, 0.25) is 0 Å². The number of hydrogen-bond donors (Lipinski definition) is 1. The molecule has 2 aliphatic rings. The van der Waals surface area contributed by atoms with E-state index in [4.69, 9.17) is 4.74 Å². The predicted octanol–water partition coefficient (Wildman–Crippen LogP) is 3.87. The summed E-state index contributed by atoms with van der Waals surface area (Å²) in [6.45, 7) is 10.5. The summed E-state index contributed by atoms with van der Waals surface area (Å²) in [5.41, 5.74) is -0.122. The van der Waals surface area contributed by atoms with Crippen molar-refractivity contribution in [1.82, 2.24) is 10.2 Å². The molecule has 126 valence electrons. The van der Waals surface area contributed by atoms with Gasteiger partial charge in [0.05, 0.1) is 5.60 Å². The Morgan fingerprint density at radius 1 is 1.32 bits per heavy atom. The molecule has 0 bridgehead atoms. The standard InChI is InChI=1S/C18H32N2O2/c1-4-5-6-8-12-19-16(21)20-13-11-18(15-17(20,2)3)10-7-9-14-22-18/h4H,1,5-15H2,2-3H3,(H,19,21). The molecule has 2 saturated heterocycles. The number of unbranched alkanes of at least 4 members (excludes halogenated alkanes) is 2. The Bertz CT molecular complexity index is 387. The average Bonchev–Trinajstić information content (AvgIpc) is 2.46. The Kier molecular flexibility index (Phi) is 5.90. The number of rotatable bonds is 5. The first-order chi connectivity index (χ1) is 10.5. The van der Waals surface area contributed by atoms with Crippen molar-refractivity contribution in [3.05, 3.63) is 12.7 Å². The van der Waals surface area contributed by atoms with Gasteiger partial charge in [-0.15, -0.1) is 6.58 Å². The number of carbonyl (C=O) groups excluding carboxylic acids is 1. The van der Waals surface area contributed by atoms with E-state index in [0.717, 1.165) is 58.2 Å². The smallest absolute Gasteiger partial charge is 0.317 e. The van der Waals surface area contributed by atoms with Crippen LogP contribution in [0.25, 0.3) is 0 Å². The number of amides is 2. The van der Waals surface area contributed by atoms with Gasteiger partial charge in [-0.1, -0.05) is 6.08 Å². The van der Waals surface area contributed by atoms with Gasteiger partial charge in [-0.25, -0.2) is 4.79 Å². The molecule has 0 saturated carbocycles. The van der Waals surface area contributed by atoms with Crippen LogP contribution in [0.15, 0.2) is 12.7 Å². The molecule has 0 aromatic heterocycles. The molecular weight excluding hydrogens is 276 g/mol. The molecule has 2 fully saturated rings. The SMILES string of the molecule is C=CCCCCNC(=O)N1CCC2(CCCCO2)CC1(C)C. The van der Waals surface area contributed by atoms with Gasteiger partial charge in [0.1, 0.15) is 0 Å². The van der Waals surface area contributed by atoms with Crippen molar-refractivity contribution in [1.29, 1.82) is 0 Å². The van der Waals surface area contributed by atoms with Crippen LogP contribution in [0.2, 0.25) is 0 Å². The number of hydrogen-bond acceptors (Lipinski definition) is 2. The lowest BCUT2D eigenvalue weighted by Crippen LogP contribution is -2.61. The third-order valence-electron chi connectivity index (χ3n) is 5.07. The highest BCUT2D eigenvalue weighted by molar-refractivity contribution is 5.75. The van der Waals surface area contributed by atoms with Crippen LogP contribution < -0.4 is 5.32 Å². The molecule has 1 atom stereocenters. The zero-order chi connectivity index (χ0) is 16.1. The number of allylic oxidation sites excluding steroid dienone is 1. The first-order valence-corrected chi connectivity index (χ1v) is 8.79. The second-order valence-corrected chi connectivity index (χ2v) is 7.40. The van der Waals surface area contributed by atoms with Crippen molar-refractivity contribution < 1.29 is 9.53 Å². The number of nitrogens with one attached hydrogen (secondary N) is 1. The van der Waals surface area contributed by atoms with Crippen LogP contribution in [0.3, 0.4) is 0 Å². The molecule has 0 aliphatic carbocycles. The minimum absolute atomic E-state index is 0.0164. The summed E-state index contributed by atoms with van der Waals surface area (Å²) < 4.78 is 6.13. The molecule has 2 rings (SSSR count). The lowest BCUT2D eigenvalue weighted by molar-refractivity contribution is -0.132. The Morgan fingerprint density at radius 2 is 2.14 bits per heavy atom. The molecule has 22 heavy (non-hydrogen) atoms. The molecule has 2 amide bonds. The van der Waals surface area contributed by atoms with Gasteiger partial charge in [0, 0.05) is 25.2 Å². The number of piperidine rings is 1. The van der Waals surface area contributed by atoms with Crippen molar-refractivity contribution >= 4 is 6.03 Å². The number of urea groups is 1. The van der Waals surface area contributed by atoms with Crippen LogP contribution in [-0.4, -0.2) is 41.8 Å². The number of likely N-dealkylation sites (tertiary alicyclic amines) is 1. The lowest BCUT2D eigenvalue weighted by atomic mass is 9.75. The third kappa shape index (κ3) is 4.25. The molecule has 0 aromatic rings. The quantitative estimate of drug-likeness (QED) is 0.619.